The van der Waals surface area contributed by atoms with Gasteiger partial charge in [-0.2, -0.15) is 0 Å². The fourth-order valence-corrected chi connectivity index (χ4v) is 6.81. The van der Waals surface area contributed by atoms with Crippen molar-refractivity contribution >= 4 is 52.3 Å². The number of benzene rings is 3. The van der Waals surface area contributed by atoms with Gasteiger partial charge in [-0.15, -0.1) is 0 Å². The zero-order chi connectivity index (χ0) is 30.8. The van der Waals surface area contributed by atoms with Gasteiger partial charge in [0.05, 0.1) is 26.8 Å². The molecule has 2 unspecified atom stereocenters. The van der Waals surface area contributed by atoms with E-state index in [2.05, 4.69) is 42.2 Å². The first-order valence-electron chi connectivity index (χ1n) is 15.5. The highest BCUT2D eigenvalue weighted by molar-refractivity contribution is 6.42. The Hall–Kier alpha value is -1.79. The molecule has 1 aliphatic rings. The van der Waals surface area contributed by atoms with Gasteiger partial charge in [-0.05, 0) is 99.1 Å². The molecule has 1 heterocycles. The largest absolute Gasteiger partial charge is 0.323 e. The second-order valence-corrected chi connectivity index (χ2v) is 13.4. The Labute approximate surface area is 277 Å². The van der Waals surface area contributed by atoms with E-state index in [1.54, 1.807) is 23.1 Å². The third kappa shape index (κ3) is 10.1. The van der Waals surface area contributed by atoms with Gasteiger partial charge in [0.2, 0.25) is 0 Å². The zero-order valence-electron chi connectivity index (χ0n) is 25.0. The van der Waals surface area contributed by atoms with Crippen molar-refractivity contribution in [3.63, 3.8) is 0 Å². The van der Waals surface area contributed by atoms with Crippen molar-refractivity contribution in [2.24, 2.45) is 11.7 Å². The summed E-state index contributed by atoms with van der Waals surface area (Å²) in [5.74, 6) is 0.546. The molecule has 3 aromatic carbocycles. The third-order valence-electron chi connectivity index (χ3n) is 8.63. The first kappa shape index (κ1) is 34.1. The molecule has 232 valence electrons. The Bertz CT molecular complexity index is 1310. The van der Waals surface area contributed by atoms with Crippen LogP contribution in [0.2, 0.25) is 20.1 Å². The predicted octanol–water partition coefficient (Wildman–Crippen LogP) is 9.74. The quantitative estimate of drug-likeness (QED) is 0.138. The monoisotopic (exact) mass is 661 g/mol. The van der Waals surface area contributed by atoms with Crippen LogP contribution in [0.1, 0.15) is 79.3 Å². The van der Waals surface area contributed by atoms with E-state index in [0.29, 0.717) is 44.5 Å². The van der Waals surface area contributed by atoms with Crippen LogP contribution in [0.3, 0.4) is 0 Å². The van der Waals surface area contributed by atoms with Gasteiger partial charge in [0, 0.05) is 17.5 Å². The zero-order valence-corrected chi connectivity index (χ0v) is 28.0. The molecule has 0 bridgehead atoms. The normalized spacial score (nSPS) is 15.8. The summed E-state index contributed by atoms with van der Waals surface area (Å²) in [5, 5.41) is 1.84. The number of nitrogens with zero attached hydrogens (tertiary/aromatic N) is 2. The highest BCUT2D eigenvalue weighted by Gasteiger charge is 2.29. The lowest BCUT2D eigenvalue weighted by Gasteiger charge is -2.36. The summed E-state index contributed by atoms with van der Waals surface area (Å²) >= 11 is 25.4. The van der Waals surface area contributed by atoms with E-state index in [1.165, 1.54) is 18.4 Å². The van der Waals surface area contributed by atoms with Gasteiger partial charge in [-0.1, -0.05) is 109 Å². The molecule has 0 saturated carbocycles. The molecular formula is C35H43Cl4N3O. The van der Waals surface area contributed by atoms with Crippen molar-refractivity contribution in [2.45, 2.75) is 70.4 Å². The second kappa shape index (κ2) is 17.1. The van der Waals surface area contributed by atoms with Crippen LogP contribution in [0.5, 0.6) is 0 Å². The number of unbranched alkanes of at least 4 members (excludes halogenated alkanes) is 2. The molecule has 1 saturated heterocycles. The molecule has 0 spiro atoms. The van der Waals surface area contributed by atoms with E-state index in [0.717, 1.165) is 57.3 Å². The number of amides is 1. The number of carbonyl (C=O) groups excluding carboxylic acids is 1. The molecule has 1 amide bonds. The maximum absolute atomic E-state index is 14.0. The Morgan fingerprint density at radius 2 is 1.65 bits per heavy atom. The van der Waals surface area contributed by atoms with Crippen LogP contribution < -0.4 is 5.73 Å². The average molecular weight is 664 g/mol. The molecule has 3 aromatic rings. The highest BCUT2D eigenvalue weighted by atomic mass is 35.5. The minimum atomic E-state index is -0.440. The van der Waals surface area contributed by atoms with Crippen LogP contribution in [0, 0.1) is 5.92 Å². The van der Waals surface area contributed by atoms with E-state index in [4.69, 9.17) is 52.1 Å². The van der Waals surface area contributed by atoms with Crippen LogP contribution in [-0.2, 0) is 6.42 Å². The standard InChI is InChI=1S/C35H43Cl4N3O/c1-2-3-5-10-34(40)42(35(43)30-13-12-29(36)23-32(30)38)24-28(27-11-14-31(37)33(39)22-27)17-20-41-18-15-26(16-19-41)21-25-8-6-4-7-9-25/h4,6-9,11-14,22-23,26,28,34H,2-3,5,10,15-21,24,40H2,1H3. The number of rotatable bonds is 14. The number of piperidine rings is 1. The van der Waals surface area contributed by atoms with Crippen molar-refractivity contribution < 1.29 is 4.79 Å². The van der Waals surface area contributed by atoms with Crippen molar-refractivity contribution in [3.8, 4) is 0 Å². The molecule has 1 aliphatic heterocycles. The lowest BCUT2D eigenvalue weighted by molar-refractivity contribution is 0.0648. The summed E-state index contributed by atoms with van der Waals surface area (Å²) in [5.41, 5.74) is 9.63. The lowest BCUT2D eigenvalue weighted by Crippen LogP contribution is -2.48. The number of nitrogens with two attached hydrogens (primary N) is 1. The van der Waals surface area contributed by atoms with Crippen LogP contribution in [0.25, 0.3) is 0 Å². The Morgan fingerprint density at radius 1 is 0.907 bits per heavy atom. The summed E-state index contributed by atoms with van der Waals surface area (Å²) in [6.07, 6.45) is 7.75. The average Bonchev–Trinajstić information content (AvgIpc) is 3.00. The summed E-state index contributed by atoms with van der Waals surface area (Å²) < 4.78 is 0. The third-order valence-corrected chi connectivity index (χ3v) is 9.91. The molecule has 43 heavy (non-hydrogen) atoms. The maximum atomic E-state index is 14.0. The van der Waals surface area contributed by atoms with E-state index in [1.807, 2.05) is 18.2 Å². The Balaban J connectivity index is 1.50. The lowest BCUT2D eigenvalue weighted by atomic mass is 9.89. The number of carbonyl (C=O) groups is 1. The van der Waals surface area contributed by atoms with Gasteiger partial charge in [0.1, 0.15) is 0 Å². The van der Waals surface area contributed by atoms with Gasteiger partial charge in [-0.25, -0.2) is 0 Å². The van der Waals surface area contributed by atoms with Gasteiger partial charge < -0.3 is 15.5 Å². The molecular weight excluding hydrogens is 620 g/mol. The smallest absolute Gasteiger partial charge is 0.256 e. The van der Waals surface area contributed by atoms with Gasteiger partial charge in [0.25, 0.3) is 5.91 Å². The Kier molecular flexibility index (Phi) is 13.5. The first-order valence-corrected chi connectivity index (χ1v) is 17.0. The van der Waals surface area contributed by atoms with Crippen LogP contribution in [0.15, 0.2) is 66.7 Å². The molecule has 0 radical (unpaired) electrons. The molecule has 4 nitrogen and oxygen atoms in total. The summed E-state index contributed by atoms with van der Waals surface area (Å²) in [6.45, 7) is 5.69. The molecule has 8 heteroatoms. The number of hydrogen-bond acceptors (Lipinski definition) is 3. The minimum absolute atomic E-state index is 0.0176. The number of likely N-dealkylation sites (tertiary alicyclic amines) is 1. The molecule has 1 fully saturated rings. The molecule has 2 atom stereocenters. The van der Waals surface area contributed by atoms with Crippen LogP contribution in [0.4, 0.5) is 0 Å². The fraction of sp³-hybridized carbons (Fsp3) is 0.457. The van der Waals surface area contributed by atoms with E-state index >= 15 is 0 Å². The van der Waals surface area contributed by atoms with Crippen molar-refractivity contribution in [1.29, 1.82) is 0 Å². The molecule has 2 N–H and O–H groups in total. The van der Waals surface area contributed by atoms with Crippen molar-refractivity contribution in [3.05, 3.63) is 104 Å². The predicted molar refractivity (Wildman–Crippen MR) is 183 cm³/mol. The van der Waals surface area contributed by atoms with Gasteiger partial charge >= 0.3 is 0 Å². The second-order valence-electron chi connectivity index (χ2n) is 11.8. The van der Waals surface area contributed by atoms with Crippen molar-refractivity contribution in [2.75, 3.05) is 26.2 Å². The highest BCUT2D eigenvalue weighted by Crippen LogP contribution is 2.32. The molecule has 4 rings (SSSR count). The summed E-state index contributed by atoms with van der Waals surface area (Å²) in [7, 11) is 0. The van der Waals surface area contributed by atoms with E-state index < -0.39 is 6.17 Å². The van der Waals surface area contributed by atoms with Crippen LogP contribution >= 0.6 is 46.4 Å². The van der Waals surface area contributed by atoms with Crippen molar-refractivity contribution in [1.82, 2.24) is 9.80 Å². The SMILES string of the molecule is CCCCCC(N)N(CC(CCN1CCC(Cc2ccccc2)CC1)c1ccc(Cl)c(Cl)c1)C(=O)c1ccc(Cl)cc1Cl. The number of halogens is 4. The van der Waals surface area contributed by atoms with Gasteiger partial charge in [0.15, 0.2) is 0 Å². The van der Waals surface area contributed by atoms with E-state index in [9.17, 15) is 4.79 Å². The Morgan fingerprint density at radius 3 is 2.33 bits per heavy atom. The fourth-order valence-electron chi connectivity index (χ4n) is 6.01. The summed E-state index contributed by atoms with van der Waals surface area (Å²) in [4.78, 5) is 18.3. The molecule has 0 aliphatic carbocycles. The molecule has 0 aromatic heterocycles. The number of hydrogen-bond donors (Lipinski definition) is 1. The maximum Gasteiger partial charge on any atom is 0.256 e. The summed E-state index contributed by atoms with van der Waals surface area (Å²) in [6, 6.07) is 21.6. The van der Waals surface area contributed by atoms with Crippen LogP contribution in [-0.4, -0.2) is 48.1 Å². The van der Waals surface area contributed by atoms with Gasteiger partial charge in [-0.3, -0.25) is 4.79 Å². The minimum Gasteiger partial charge on any atom is -0.323 e. The first-order chi connectivity index (χ1) is 20.7. The topological polar surface area (TPSA) is 49.6 Å². The van der Waals surface area contributed by atoms with E-state index in [-0.39, 0.29) is 11.8 Å².